The minimum absolute atomic E-state index is 0.272. The highest BCUT2D eigenvalue weighted by Gasteiger charge is 2.36. The third kappa shape index (κ3) is 6.03. The molecule has 0 amide bonds. The molecule has 1 aromatic carbocycles. The van der Waals surface area contributed by atoms with E-state index in [2.05, 4.69) is 22.5 Å². The van der Waals surface area contributed by atoms with E-state index in [1.54, 1.807) is 25.5 Å². The van der Waals surface area contributed by atoms with Gasteiger partial charge in [0, 0.05) is 45.3 Å². The van der Waals surface area contributed by atoms with Gasteiger partial charge in [-0.15, -0.1) is 0 Å². The van der Waals surface area contributed by atoms with Gasteiger partial charge in [-0.25, -0.2) is 9.37 Å². The monoisotopic (exact) mass is 402 g/mol. The highest BCUT2D eigenvalue weighted by atomic mass is 19.1. The van der Waals surface area contributed by atoms with Crippen LogP contribution in [0.4, 0.5) is 4.39 Å². The van der Waals surface area contributed by atoms with Gasteiger partial charge >= 0.3 is 0 Å². The molecular formula is C22H31FN4O2. The van der Waals surface area contributed by atoms with Crippen molar-refractivity contribution >= 4 is 5.96 Å². The Labute approximate surface area is 172 Å². The summed E-state index contributed by atoms with van der Waals surface area (Å²) in [5.74, 6) is 1.06. The van der Waals surface area contributed by atoms with Crippen molar-refractivity contribution in [3.63, 3.8) is 0 Å². The Kier molecular flexibility index (Phi) is 7.63. The number of hydrogen-bond acceptors (Lipinski definition) is 4. The van der Waals surface area contributed by atoms with Crippen LogP contribution < -0.4 is 10.6 Å². The van der Waals surface area contributed by atoms with Crippen LogP contribution in [-0.2, 0) is 11.2 Å². The predicted octanol–water partition coefficient (Wildman–Crippen LogP) is 3.79. The minimum Gasteiger partial charge on any atom is -0.444 e. The van der Waals surface area contributed by atoms with Crippen LogP contribution in [0.2, 0.25) is 0 Å². The van der Waals surface area contributed by atoms with Gasteiger partial charge in [0.15, 0.2) is 5.96 Å². The van der Waals surface area contributed by atoms with Crippen molar-refractivity contribution in [1.29, 1.82) is 0 Å². The molecule has 2 N–H and O–H groups in total. The first-order valence-corrected chi connectivity index (χ1v) is 10.4. The Bertz CT molecular complexity index is 784. The third-order valence-corrected chi connectivity index (χ3v) is 5.48. The van der Waals surface area contributed by atoms with Gasteiger partial charge in [-0.3, -0.25) is 4.99 Å². The normalized spacial score (nSPS) is 15.8. The summed E-state index contributed by atoms with van der Waals surface area (Å²) in [6.45, 7) is 5.20. The maximum Gasteiger partial charge on any atom is 0.226 e. The van der Waals surface area contributed by atoms with Crippen molar-refractivity contribution in [2.45, 2.75) is 39.0 Å². The Morgan fingerprint density at radius 3 is 2.72 bits per heavy atom. The van der Waals surface area contributed by atoms with Crippen molar-refractivity contribution in [2.75, 3.05) is 33.4 Å². The van der Waals surface area contributed by atoms with Gasteiger partial charge in [-0.2, -0.15) is 0 Å². The standard InChI is InChI=1S/C22H31FN4O2/c1-3-24-21(26-16-22(10-4-11-22)12-14-28-2)25-13-9-19-15-29-20(27-19)17-5-7-18(23)8-6-17/h5-8,15H,3-4,9-14,16H2,1-2H3,(H2,24,25,26). The van der Waals surface area contributed by atoms with Gasteiger partial charge in [0.25, 0.3) is 0 Å². The quantitative estimate of drug-likeness (QED) is 0.467. The molecule has 6 nitrogen and oxygen atoms in total. The number of aromatic nitrogens is 1. The molecule has 0 saturated heterocycles. The molecule has 7 heteroatoms. The lowest BCUT2D eigenvalue weighted by Gasteiger charge is -2.40. The Morgan fingerprint density at radius 2 is 2.07 bits per heavy atom. The number of halogens is 1. The number of guanidine groups is 1. The van der Waals surface area contributed by atoms with E-state index in [1.165, 1.54) is 31.4 Å². The molecule has 0 spiro atoms. The second-order valence-corrected chi connectivity index (χ2v) is 7.62. The van der Waals surface area contributed by atoms with Crippen LogP contribution in [0, 0.1) is 11.2 Å². The van der Waals surface area contributed by atoms with Crippen LogP contribution in [0.3, 0.4) is 0 Å². The van der Waals surface area contributed by atoms with Crippen molar-refractivity contribution in [3.8, 4) is 11.5 Å². The van der Waals surface area contributed by atoms with Crippen molar-refractivity contribution in [1.82, 2.24) is 15.6 Å². The average molecular weight is 403 g/mol. The summed E-state index contributed by atoms with van der Waals surface area (Å²) < 4.78 is 23.8. The zero-order chi connectivity index (χ0) is 20.5. The number of methoxy groups -OCH3 is 1. The van der Waals surface area contributed by atoms with E-state index in [9.17, 15) is 4.39 Å². The van der Waals surface area contributed by atoms with Gasteiger partial charge in [0.05, 0.1) is 5.69 Å². The zero-order valence-electron chi connectivity index (χ0n) is 17.3. The number of nitrogens with zero attached hydrogens (tertiary/aromatic N) is 2. The van der Waals surface area contributed by atoms with Gasteiger partial charge in [0.1, 0.15) is 12.1 Å². The van der Waals surface area contributed by atoms with Gasteiger partial charge in [-0.05, 0) is 55.9 Å². The molecule has 0 unspecified atom stereocenters. The molecule has 1 heterocycles. The largest absolute Gasteiger partial charge is 0.444 e. The molecule has 1 aromatic heterocycles. The van der Waals surface area contributed by atoms with E-state index in [0.29, 0.717) is 24.3 Å². The Morgan fingerprint density at radius 1 is 1.28 bits per heavy atom. The molecule has 1 aliphatic rings. The van der Waals surface area contributed by atoms with E-state index in [0.717, 1.165) is 43.3 Å². The predicted molar refractivity (Wildman–Crippen MR) is 112 cm³/mol. The van der Waals surface area contributed by atoms with Crippen molar-refractivity contribution < 1.29 is 13.5 Å². The lowest BCUT2D eigenvalue weighted by atomic mass is 9.67. The van der Waals surface area contributed by atoms with Gasteiger partial charge in [0.2, 0.25) is 5.89 Å². The van der Waals surface area contributed by atoms with Gasteiger partial charge < -0.3 is 19.8 Å². The minimum atomic E-state index is -0.272. The van der Waals surface area contributed by atoms with Crippen LogP contribution in [-0.4, -0.2) is 44.3 Å². The van der Waals surface area contributed by atoms with Crippen LogP contribution in [0.25, 0.3) is 11.5 Å². The molecule has 0 radical (unpaired) electrons. The molecule has 1 aliphatic carbocycles. The van der Waals surface area contributed by atoms with Crippen molar-refractivity contribution in [2.24, 2.45) is 10.4 Å². The van der Waals surface area contributed by atoms with E-state index < -0.39 is 0 Å². The van der Waals surface area contributed by atoms with E-state index in [-0.39, 0.29) is 5.82 Å². The van der Waals surface area contributed by atoms with Crippen LogP contribution in [0.1, 0.15) is 38.3 Å². The number of hydrogen-bond donors (Lipinski definition) is 2. The van der Waals surface area contributed by atoms with Gasteiger partial charge in [-0.1, -0.05) is 6.42 Å². The molecule has 0 bridgehead atoms. The fraction of sp³-hybridized carbons (Fsp3) is 0.545. The Balaban J connectivity index is 1.51. The number of rotatable bonds is 10. The first-order chi connectivity index (χ1) is 14.1. The highest BCUT2D eigenvalue weighted by molar-refractivity contribution is 5.79. The third-order valence-electron chi connectivity index (χ3n) is 5.48. The summed E-state index contributed by atoms with van der Waals surface area (Å²) in [7, 11) is 1.76. The average Bonchev–Trinajstić information content (AvgIpc) is 3.16. The number of ether oxygens (including phenoxy) is 1. The molecule has 0 atom stereocenters. The topological polar surface area (TPSA) is 71.7 Å². The maximum atomic E-state index is 13.1. The molecule has 1 fully saturated rings. The molecule has 2 aromatic rings. The molecule has 1 saturated carbocycles. The fourth-order valence-electron chi connectivity index (χ4n) is 3.53. The van der Waals surface area contributed by atoms with Crippen LogP contribution in [0.15, 0.2) is 39.9 Å². The molecule has 3 rings (SSSR count). The number of aliphatic imine (C=N–C) groups is 1. The summed E-state index contributed by atoms with van der Waals surface area (Å²) in [6.07, 6.45) is 7.17. The number of benzene rings is 1. The highest BCUT2D eigenvalue weighted by Crippen LogP contribution is 2.44. The second-order valence-electron chi connectivity index (χ2n) is 7.62. The maximum absolute atomic E-state index is 13.1. The van der Waals surface area contributed by atoms with Crippen molar-refractivity contribution in [3.05, 3.63) is 42.0 Å². The molecular weight excluding hydrogens is 371 g/mol. The summed E-state index contributed by atoms with van der Waals surface area (Å²) in [5, 5.41) is 6.69. The summed E-state index contributed by atoms with van der Waals surface area (Å²) in [5.41, 5.74) is 1.92. The molecule has 158 valence electrons. The zero-order valence-corrected chi connectivity index (χ0v) is 17.3. The summed E-state index contributed by atoms with van der Waals surface area (Å²) in [6, 6.07) is 6.14. The second kappa shape index (κ2) is 10.4. The van der Waals surface area contributed by atoms with Crippen LogP contribution in [0.5, 0.6) is 0 Å². The van der Waals surface area contributed by atoms with E-state index >= 15 is 0 Å². The lowest BCUT2D eigenvalue weighted by Crippen LogP contribution is -2.41. The number of oxazole rings is 1. The van der Waals surface area contributed by atoms with E-state index in [1.807, 2.05) is 0 Å². The first-order valence-electron chi connectivity index (χ1n) is 10.4. The number of nitrogens with one attached hydrogen (secondary N) is 2. The molecule has 29 heavy (non-hydrogen) atoms. The smallest absolute Gasteiger partial charge is 0.226 e. The SMILES string of the molecule is CCNC(=NCC1(CCOC)CCC1)NCCc1coc(-c2ccc(F)cc2)n1. The van der Waals surface area contributed by atoms with Crippen LogP contribution >= 0.6 is 0 Å². The van der Waals surface area contributed by atoms with E-state index in [4.69, 9.17) is 14.1 Å². The fourth-order valence-corrected chi connectivity index (χ4v) is 3.53. The first kappa shape index (κ1) is 21.3. The summed E-state index contributed by atoms with van der Waals surface area (Å²) in [4.78, 5) is 9.30. The summed E-state index contributed by atoms with van der Waals surface area (Å²) >= 11 is 0. The molecule has 0 aliphatic heterocycles. The lowest BCUT2D eigenvalue weighted by molar-refractivity contribution is 0.0778. The Hall–Kier alpha value is -2.41.